The van der Waals surface area contributed by atoms with Gasteiger partial charge in [-0.1, -0.05) is 0 Å². The van der Waals surface area contributed by atoms with Crippen LogP contribution in [0.1, 0.15) is 24.4 Å². The van der Waals surface area contributed by atoms with Crippen molar-refractivity contribution in [1.82, 2.24) is 15.4 Å². The van der Waals surface area contributed by atoms with Gasteiger partial charge in [-0.25, -0.2) is 9.97 Å². The van der Waals surface area contributed by atoms with Crippen molar-refractivity contribution in [2.24, 2.45) is 11.8 Å². The summed E-state index contributed by atoms with van der Waals surface area (Å²) in [4.78, 5) is 7.98. The molecule has 0 bridgehead atoms. The van der Waals surface area contributed by atoms with E-state index in [1.54, 1.807) is 19.5 Å². The molecule has 5 nitrogen and oxygen atoms in total. The third-order valence-corrected chi connectivity index (χ3v) is 2.81. The summed E-state index contributed by atoms with van der Waals surface area (Å²) in [5.74, 6) is 6.17. The number of nitrogens with zero attached hydrogens (tertiary/aromatic N) is 2. The number of nitrogens with one attached hydrogen (secondary N) is 1. The maximum Gasteiger partial charge on any atom is 0.115 e. The Balaban J connectivity index is 2.15. The predicted octanol–water partition coefficient (Wildman–Crippen LogP) is 0.406. The van der Waals surface area contributed by atoms with E-state index in [-0.39, 0.29) is 12.1 Å². The number of hydrogen-bond donors (Lipinski definition) is 2. The largest absolute Gasteiger partial charge is 0.379 e. The van der Waals surface area contributed by atoms with Gasteiger partial charge in [0.2, 0.25) is 0 Å². The van der Waals surface area contributed by atoms with Crippen molar-refractivity contribution < 1.29 is 4.74 Å². The van der Waals surface area contributed by atoms with Gasteiger partial charge in [0, 0.05) is 25.1 Å². The van der Waals surface area contributed by atoms with E-state index in [4.69, 9.17) is 10.6 Å². The summed E-state index contributed by atoms with van der Waals surface area (Å²) < 4.78 is 5.48. The van der Waals surface area contributed by atoms with Crippen LogP contribution in [0.5, 0.6) is 0 Å². The van der Waals surface area contributed by atoms with Gasteiger partial charge in [-0.2, -0.15) is 0 Å². The summed E-state index contributed by atoms with van der Waals surface area (Å²) in [6.07, 6.45) is 7.59. The van der Waals surface area contributed by atoms with Gasteiger partial charge in [-0.05, 0) is 18.8 Å². The molecule has 0 spiro atoms. The number of rotatable bonds is 5. The zero-order valence-corrected chi connectivity index (χ0v) is 8.76. The van der Waals surface area contributed by atoms with Gasteiger partial charge in [0.05, 0.1) is 12.1 Å². The monoisotopic (exact) mass is 208 g/mol. The second kappa shape index (κ2) is 4.65. The Bertz CT molecular complexity index is 302. The summed E-state index contributed by atoms with van der Waals surface area (Å²) in [6, 6.07) is -0.0244. The number of aromatic nitrogens is 2. The SMILES string of the molecule is COC(C1CC1)C(NN)c1cncnc1. The van der Waals surface area contributed by atoms with E-state index in [9.17, 15) is 0 Å². The number of nitrogens with two attached hydrogens (primary N) is 1. The minimum atomic E-state index is -0.0244. The second-order valence-electron chi connectivity index (χ2n) is 3.85. The highest BCUT2D eigenvalue weighted by atomic mass is 16.5. The van der Waals surface area contributed by atoms with Crippen LogP contribution in [0.25, 0.3) is 0 Å². The minimum Gasteiger partial charge on any atom is -0.379 e. The summed E-state index contributed by atoms with van der Waals surface area (Å²) in [5, 5.41) is 0. The van der Waals surface area contributed by atoms with Crippen LogP contribution in [-0.4, -0.2) is 23.2 Å². The van der Waals surface area contributed by atoms with Gasteiger partial charge in [0.1, 0.15) is 6.33 Å². The fourth-order valence-electron chi connectivity index (χ4n) is 1.88. The molecule has 5 heteroatoms. The first kappa shape index (κ1) is 10.5. The van der Waals surface area contributed by atoms with Crippen LogP contribution in [0.3, 0.4) is 0 Å². The Hall–Kier alpha value is -1.04. The summed E-state index contributed by atoms with van der Waals surface area (Å²) in [7, 11) is 1.72. The van der Waals surface area contributed by atoms with E-state index in [0.717, 1.165) is 5.56 Å². The molecule has 1 aromatic heterocycles. The van der Waals surface area contributed by atoms with Gasteiger partial charge in [0.15, 0.2) is 0 Å². The third-order valence-electron chi connectivity index (χ3n) is 2.81. The van der Waals surface area contributed by atoms with Crippen LogP contribution in [0.15, 0.2) is 18.7 Å². The first-order valence-electron chi connectivity index (χ1n) is 5.10. The molecule has 1 aliphatic rings. The molecule has 2 rings (SSSR count). The molecule has 2 atom stereocenters. The average Bonchev–Trinajstić information content (AvgIpc) is 3.11. The molecule has 15 heavy (non-hydrogen) atoms. The topological polar surface area (TPSA) is 73.1 Å². The quantitative estimate of drug-likeness (QED) is 0.541. The van der Waals surface area contributed by atoms with Crippen molar-refractivity contribution >= 4 is 0 Å². The lowest BCUT2D eigenvalue weighted by molar-refractivity contribution is 0.0505. The molecule has 1 saturated carbocycles. The summed E-state index contributed by atoms with van der Waals surface area (Å²) in [6.45, 7) is 0. The van der Waals surface area contributed by atoms with E-state index in [2.05, 4.69) is 15.4 Å². The third kappa shape index (κ3) is 2.31. The molecular formula is C10H16N4O. The molecular weight excluding hydrogens is 192 g/mol. The average molecular weight is 208 g/mol. The fourth-order valence-corrected chi connectivity index (χ4v) is 1.88. The van der Waals surface area contributed by atoms with Crippen LogP contribution in [-0.2, 0) is 4.74 Å². The zero-order chi connectivity index (χ0) is 10.7. The molecule has 0 aromatic carbocycles. The van der Waals surface area contributed by atoms with Gasteiger partial charge in [-0.3, -0.25) is 11.3 Å². The molecule has 1 aliphatic carbocycles. The van der Waals surface area contributed by atoms with Crippen molar-refractivity contribution in [2.75, 3.05) is 7.11 Å². The maximum atomic E-state index is 5.56. The Labute approximate surface area is 89.0 Å². The smallest absolute Gasteiger partial charge is 0.115 e. The lowest BCUT2D eigenvalue weighted by atomic mass is 10.0. The standard InChI is InChI=1S/C10H16N4O/c1-15-10(7-2-3-7)9(14-11)8-4-12-6-13-5-8/h4-7,9-10,14H,2-3,11H2,1H3. The van der Waals surface area contributed by atoms with E-state index < -0.39 is 0 Å². The van der Waals surface area contributed by atoms with Crippen molar-refractivity contribution in [1.29, 1.82) is 0 Å². The highest BCUT2D eigenvalue weighted by Gasteiger charge is 2.37. The predicted molar refractivity (Wildman–Crippen MR) is 55.6 cm³/mol. The molecule has 1 aromatic rings. The molecule has 3 N–H and O–H groups in total. The molecule has 82 valence electrons. The van der Waals surface area contributed by atoms with Gasteiger partial charge in [0.25, 0.3) is 0 Å². The number of ether oxygens (including phenoxy) is 1. The Kier molecular flexibility index (Phi) is 3.25. The fraction of sp³-hybridized carbons (Fsp3) is 0.600. The molecule has 0 radical (unpaired) electrons. The van der Waals surface area contributed by atoms with Crippen molar-refractivity contribution in [3.05, 3.63) is 24.3 Å². The highest BCUT2D eigenvalue weighted by molar-refractivity contribution is 5.12. The normalized spacial score (nSPS) is 19.9. The van der Waals surface area contributed by atoms with E-state index in [1.165, 1.54) is 19.2 Å². The van der Waals surface area contributed by atoms with Crippen LogP contribution in [0, 0.1) is 5.92 Å². The van der Waals surface area contributed by atoms with Crippen molar-refractivity contribution in [3.63, 3.8) is 0 Å². The molecule has 0 saturated heterocycles. The van der Waals surface area contributed by atoms with Crippen LogP contribution in [0.4, 0.5) is 0 Å². The minimum absolute atomic E-state index is 0.0244. The highest BCUT2D eigenvalue weighted by Crippen LogP contribution is 2.39. The summed E-state index contributed by atoms with van der Waals surface area (Å²) >= 11 is 0. The Morgan fingerprint density at radius 1 is 1.47 bits per heavy atom. The number of methoxy groups -OCH3 is 1. The number of hydrogen-bond acceptors (Lipinski definition) is 5. The van der Waals surface area contributed by atoms with E-state index in [1.807, 2.05) is 0 Å². The second-order valence-corrected chi connectivity index (χ2v) is 3.85. The summed E-state index contributed by atoms with van der Waals surface area (Å²) in [5.41, 5.74) is 3.76. The van der Waals surface area contributed by atoms with E-state index in [0.29, 0.717) is 5.92 Å². The van der Waals surface area contributed by atoms with Gasteiger partial charge >= 0.3 is 0 Å². The number of hydrazine groups is 1. The first-order chi connectivity index (χ1) is 7.36. The molecule has 0 amide bonds. The first-order valence-corrected chi connectivity index (χ1v) is 5.10. The lowest BCUT2D eigenvalue weighted by Crippen LogP contribution is -2.38. The Morgan fingerprint density at radius 2 is 2.13 bits per heavy atom. The zero-order valence-electron chi connectivity index (χ0n) is 8.76. The molecule has 1 fully saturated rings. The van der Waals surface area contributed by atoms with E-state index >= 15 is 0 Å². The van der Waals surface area contributed by atoms with Crippen molar-refractivity contribution in [2.45, 2.75) is 25.0 Å². The molecule has 0 aliphatic heterocycles. The Morgan fingerprint density at radius 3 is 2.60 bits per heavy atom. The van der Waals surface area contributed by atoms with Crippen LogP contribution >= 0.6 is 0 Å². The maximum absolute atomic E-state index is 5.56. The van der Waals surface area contributed by atoms with Gasteiger partial charge < -0.3 is 4.74 Å². The van der Waals surface area contributed by atoms with Crippen LogP contribution < -0.4 is 11.3 Å². The molecule has 2 unspecified atom stereocenters. The van der Waals surface area contributed by atoms with Crippen molar-refractivity contribution in [3.8, 4) is 0 Å². The van der Waals surface area contributed by atoms with Gasteiger partial charge in [-0.15, -0.1) is 0 Å². The lowest BCUT2D eigenvalue weighted by Gasteiger charge is -2.25. The molecule has 1 heterocycles. The van der Waals surface area contributed by atoms with Crippen LogP contribution in [0.2, 0.25) is 0 Å².